The van der Waals surface area contributed by atoms with Crippen LogP contribution in [0.15, 0.2) is 18.2 Å². The Morgan fingerprint density at radius 1 is 1.33 bits per heavy atom. The number of benzene rings is 1. The number of nitrogens with one attached hydrogen (secondary N) is 1. The molecule has 0 radical (unpaired) electrons. The molecule has 118 valence electrons. The molecule has 0 heterocycles. The maximum atomic E-state index is 12.5. The van der Waals surface area contributed by atoms with Gasteiger partial charge in [0.05, 0.1) is 16.9 Å². The molecule has 0 saturated heterocycles. The van der Waals surface area contributed by atoms with Gasteiger partial charge < -0.3 is 10.4 Å². The maximum Gasteiger partial charge on any atom is 0.416 e. The lowest BCUT2D eigenvalue weighted by Gasteiger charge is -2.12. The van der Waals surface area contributed by atoms with Gasteiger partial charge in [0.1, 0.15) is 0 Å². The fourth-order valence-electron chi connectivity index (χ4n) is 1.54. The molecule has 1 aromatic rings. The van der Waals surface area contributed by atoms with Gasteiger partial charge in [0, 0.05) is 18.0 Å². The Morgan fingerprint density at radius 3 is 2.43 bits per heavy atom. The van der Waals surface area contributed by atoms with Crippen molar-refractivity contribution >= 4 is 21.5 Å². The highest BCUT2D eigenvalue weighted by Gasteiger charge is 2.31. The number of aromatic carboxylic acids is 1. The topological polar surface area (TPSA) is 83.5 Å². The second kappa shape index (κ2) is 6.33. The molecule has 0 aliphatic heterocycles. The number of alkyl halides is 3. The van der Waals surface area contributed by atoms with Gasteiger partial charge in [0.25, 0.3) is 0 Å². The fourth-order valence-corrected chi connectivity index (χ4v) is 2.24. The van der Waals surface area contributed by atoms with E-state index in [0.29, 0.717) is 6.07 Å². The first-order valence-electron chi connectivity index (χ1n) is 5.95. The average Bonchev–Trinajstić information content (AvgIpc) is 2.37. The summed E-state index contributed by atoms with van der Waals surface area (Å²) < 4.78 is 60.2. The Labute approximate surface area is 119 Å². The Bertz CT molecular complexity index is 626. The molecule has 0 aromatic heterocycles. The van der Waals surface area contributed by atoms with E-state index in [2.05, 4.69) is 5.32 Å². The van der Waals surface area contributed by atoms with Gasteiger partial charge in [0.15, 0.2) is 9.84 Å². The molecule has 0 bridgehead atoms. The van der Waals surface area contributed by atoms with Crippen LogP contribution in [-0.2, 0) is 16.0 Å². The predicted molar refractivity (Wildman–Crippen MR) is 71.2 cm³/mol. The summed E-state index contributed by atoms with van der Waals surface area (Å²) in [6, 6.07) is 2.23. The van der Waals surface area contributed by atoms with Crippen molar-refractivity contribution in [2.75, 3.05) is 23.4 Å². The number of carboxylic acid groups (broad SMARTS) is 1. The van der Waals surface area contributed by atoms with Gasteiger partial charge in [0.2, 0.25) is 0 Å². The second-order valence-corrected chi connectivity index (χ2v) is 6.70. The highest BCUT2D eigenvalue weighted by atomic mass is 32.2. The fraction of sp³-hybridized carbons (Fsp3) is 0.417. The van der Waals surface area contributed by atoms with E-state index in [1.165, 1.54) is 6.92 Å². The number of carbonyl (C=O) groups is 1. The summed E-state index contributed by atoms with van der Waals surface area (Å²) in [6.07, 6.45) is -4.64. The Morgan fingerprint density at radius 2 is 1.95 bits per heavy atom. The number of sulfone groups is 1. The summed E-state index contributed by atoms with van der Waals surface area (Å²) in [7, 11) is -3.24. The van der Waals surface area contributed by atoms with Crippen LogP contribution in [0.5, 0.6) is 0 Å². The molecule has 0 aliphatic carbocycles. The van der Waals surface area contributed by atoms with Crippen molar-refractivity contribution in [1.82, 2.24) is 0 Å². The van der Waals surface area contributed by atoms with E-state index in [1.807, 2.05) is 0 Å². The lowest BCUT2D eigenvalue weighted by atomic mass is 10.1. The first kappa shape index (κ1) is 17.3. The Kier molecular flexibility index (Phi) is 5.21. The van der Waals surface area contributed by atoms with E-state index in [4.69, 9.17) is 5.11 Å². The van der Waals surface area contributed by atoms with Crippen molar-refractivity contribution in [3.05, 3.63) is 29.3 Å². The van der Waals surface area contributed by atoms with Gasteiger partial charge >= 0.3 is 12.1 Å². The van der Waals surface area contributed by atoms with Gasteiger partial charge in [-0.1, -0.05) is 6.92 Å². The molecule has 21 heavy (non-hydrogen) atoms. The van der Waals surface area contributed by atoms with Crippen LogP contribution in [0.25, 0.3) is 0 Å². The smallest absolute Gasteiger partial charge is 0.416 e. The molecule has 0 saturated carbocycles. The van der Waals surface area contributed by atoms with Crippen LogP contribution in [0.1, 0.15) is 22.8 Å². The van der Waals surface area contributed by atoms with Crippen molar-refractivity contribution < 1.29 is 31.5 Å². The number of rotatable bonds is 6. The number of hydrogen-bond acceptors (Lipinski definition) is 4. The van der Waals surface area contributed by atoms with Gasteiger partial charge in [-0.2, -0.15) is 13.2 Å². The minimum atomic E-state index is -4.64. The van der Waals surface area contributed by atoms with Crippen LogP contribution in [0, 0.1) is 0 Å². The van der Waals surface area contributed by atoms with Crippen LogP contribution in [0.3, 0.4) is 0 Å². The third-order valence-electron chi connectivity index (χ3n) is 2.75. The van der Waals surface area contributed by atoms with E-state index < -0.39 is 33.1 Å². The summed E-state index contributed by atoms with van der Waals surface area (Å²) in [5, 5.41) is 11.5. The van der Waals surface area contributed by atoms with E-state index in [-0.39, 0.29) is 23.7 Å². The number of halogens is 3. The highest BCUT2D eigenvalue weighted by Crippen LogP contribution is 2.31. The third-order valence-corrected chi connectivity index (χ3v) is 4.45. The molecule has 0 amide bonds. The van der Waals surface area contributed by atoms with E-state index in [1.54, 1.807) is 0 Å². The van der Waals surface area contributed by atoms with Crippen molar-refractivity contribution in [3.63, 3.8) is 0 Å². The molecule has 2 N–H and O–H groups in total. The normalized spacial score (nSPS) is 12.2. The van der Waals surface area contributed by atoms with Crippen LogP contribution < -0.4 is 5.32 Å². The zero-order valence-electron chi connectivity index (χ0n) is 11.1. The van der Waals surface area contributed by atoms with Crippen LogP contribution in [0.2, 0.25) is 0 Å². The lowest BCUT2D eigenvalue weighted by molar-refractivity contribution is -0.137. The Hall–Kier alpha value is -1.77. The monoisotopic (exact) mass is 325 g/mol. The molecule has 1 rings (SSSR count). The molecular formula is C12H14F3NO4S. The van der Waals surface area contributed by atoms with Crippen molar-refractivity contribution in [2.24, 2.45) is 0 Å². The molecular weight excluding hydrogens is 311 g/mol. The van der Waals surface area contributed by atoms with Gasteiger partial charge in [-0.25, -0.2) is 13.2 Å². The van der Waals surface area contributed by atoms with Crippen molar-refractivity contribution in [1.29, 1.82) is 0 Å². The molecule has 9 heteroatoms. The molecule has 0 aliphatic rings. The summed E-state index contributed by atoms with van der Waals surface area (Å²) in [4.78, 5) is 11.0. The molecule has 1 aromatic carbocycles. The molecule has 5 nitrogen and oxygen atoms in total. The van der Waals surface area contributed by atoms with Gasteiger partial charge in [-0.3, -0.25) is 0 Å². The first-order valence-corrected chi connectivity index (χ1v) is 7.78. The van der Waals surface area contributed by atoms with E-state index >= 15 is 0 Å². The molecule has 0 spiro atoms. The predicted octanol–water partition coefficient (Wildman–Crippen LogP) is 2.25. The lowest BCUT2D eigenvalue weighted by Crippen LogP contribution is -2.18. The second-order valence-electron chi connectivity index (χ2n) is 4.23. The number of carboxylic acids is 1. The van der Waals surface area contributed by atoms with Crippen molar-refractivity contribution in [2.45, 2.75) is 13.1 Å². The maximum absolute atomic E-state index is 12.5. The summed E-state index contributed by atoms with van der Waals surface area (Å²) in [5.41, 5.74) is -1.69. The third kappa shape index (κ3) is 4.92. The molecule has 0 fully saturated rings. The summed E-state index contributed by atoms with van der Waals surface area (Å²) in [6.45, 7) is 1.39. The summed E-state index contributed by atoms with van der Waals surface area (Å²) in [5.74, 6) is -1.82. The zero-order chi connectivity index (χ0) is 16.3. The minimum absolute atomic E-state index is 0.0539. The Balaban J connectivity index is 2.95. The van der Waals surface area contributed by atoms with Crippen LogP contribution >= 0.6 is 0 Å². The quantitative estimate of drug-likeness (QED) is 0.838. The van der Waals surface area contributed by atoms with Crippen LogP contribution in [0.4, 0.5) is 18.9 Å². The van der Waals surface area contributed by atoms with Crippen molar-refractivity contribution in [3.8, 4) is 0 Å². The zero-order valence-corrected chi connectivity index (χ0v) is 11.9. The van der Waals surface area contributed by atoms with Gasteiger partial charge in [-0.15, -0.1) is 0 Å². The minimum Gasteiger partial charge on any atom is -0.478 e. The van der Waals surface area contributed by atoms with Crippen LogP contribution in [-0.4, -0.2) is 37.5 Å². The average molecular weight is 325 g/mol. The summed E-state index contributed by atoms with van der Waals surface area (Å²) >= 11 is 0. The van der Waals surface area contributed by atoms with E-state index in [9.17, 15) is 26.4 Å². The first-order chi connectivity index (χ1) is 9.57. The SMILES string of the molecule is CCS(=O)(=O)CCNc1ccc(C(F)(F)F)cc1C(=O)O. The van der Waals surface area contributed by atoms with Gasteiger partial charge in [-0.05, 0) is 18.2 Å². The largest absolute Gasteiger partial charge is 0.478 e. The highest BCUT2D eigenvalue weighted by molar-refractivity contribution is 7.91. The standard InChI is InChI=1S/C12H14F3NO4S/c1-2-21(19,20)6-5-16-10-4-3-8(12(13,14)15)7-9(10)11(17)18/h3-4,7,16H,2,5-6H2,1H3,(H,17,18). The number of anilines is 1. The molecule has 0 unspecified atom stereocenters. The number of hydrogen-bond donors (Lipinski definition) is 2. The molecule has 0 atom stereocenters. The van der Waals surface area contributed by atoms with E-state index in [0.717, 1.165) is 12.1 Å².